The molecule has 8 nitrogen and oxygen atoms in total. The Labute approximate surface area is 201 Å². The molecule has 1 saturated heterocycles. The summed E-state index contributed by atoms with van der Waals surface area (Å²) in [4.78, 5) is 17.3. The minimum atomic E-state index is -0.458. The summed E-state index contributed by atoms with van der Waals surface area (Å²) in [5, 5.41) is 15.1. The highest BCUT2D eigenvalue weighted by molar-refractivity contribution is 7.80. The second kappa shape index (κ2) is 8.95. The number of pyridine rings is 1. The van der Waals surface area contributed by atoms with Gasteiger partial charge in [-0.25, -0.2) is 0 Å². The minimum Gasteiger partial charge on any atom is -0.496 e. The van der Waals surface area contributed by atoms with E-state index < -0.39 is 4.92 Å². The molecule has 1 aliphatic rings. The van der Waals surface area contributed by atoms with Gasteiger partial charge in [0, 0.05) is 18.0 Å². The van der Waals surface area contributed by atoms with Crippen LogP contribution in [0.25, 0.3) is 11.3 Å². The number of benzene rings is 2. The van der Waals surface area contributed by atoms with E-state index in [0.717, 1.165) is 11.4 Å². The highest BCUT2D eigenvalue weighted by Crippen LogP contribution is 2.43. The number of para-hydroxylation sites is 1. The number of nitrogens with one attached hydrogen (secondary N) is 1. The van der Waals surface area contributed by atoms with E-state index in [-0.39, 0.29) is 17.8 Å². The van der Waals surface area contributed by atoms with Gasteiger partial charge in [-0.15, -0.1) is 0 Å². The SMILES string of the molecule is COc1cc([N+](=O)[O-])ccc1-c1ccc([C@@H]2[C@H](c3ccccn3)NC(=S)N2c2ccccc2)o1. The van der Waals surface area contributed by atoms with E-state index in [9.17, 15) is 10.1 Å². The molecular formula is C25H20N4O4S. The average molecular weight is 473 g/mol. The van der Waals surface area contributed by atoms with Crippen LogP contribution in [0.2, 0.25) is 0 Å². The van der Waals surface area contributed by atoms with Crippen molar-refractivity contribution in [2.45, 2.75) is 12.1 Å². The summed E-state index contributed by atoms with van der Waals surface area (Å²) >= 11 is 5.72. The molecular weight excluding hydrogens is 452 g/mol. The Bertz CT molecular complexity index is 1340. The van der Waals surface area contributed by atoms with E-state index in [0.29, 0.717) is 27.9 Å². The summed E-state index contributed by atoms with van der Waals surface area (Å²) in [6, 6.07) is 23.2. The number of aromatic nitrogens is 1. The van der Waals surface area contributed by atoms with Crippen LogP contribution in [0.4, 0.5) is 11.4 Å². The number of nitro groups is 1. The lowest BCUT2D eigenvalue weighted by Gasteiger charge is -2.26. The molecule has 4 aromatic rings. The number of ether oxygens (including phenoxy) is 1. The van der Waals surface area contributed by atoms with Crippen LogP contribution in [0.3, 0.4) is 0 Å². The number of thiocarbonyl (C=S) groups is 1. The van der Waals surface area contributed by atoms with E-state index in [1.807, 2.05) is 65.6 Å². The summed E-state index contributed by atoms with van der Waals surface area (Å²) in [7, 11) is 1.47. The van der Waals surface area contributed by atoms with Crippen molar-refractivity contribution < 1.29 is 14.1 Å². The maximum absolute atomic E-state index is 11.2. The highest BCUT2D eigenvalue weighted by atomic mass is 32.1. The third kappa shape index (κ3) is 3.86. The Balaban J connectivity index is 1.59. The first-order valence-electron chi connectivity index (χ1n) is 10.5. The van der Waals surface area contributed by atoms with Crippen molar-refractivity contribution in [2.24, 2.45) is 0 Å². The molecule has 0 radical (unpaired) electrons. The summed E-state index contributed by atoms with van der Waals surface area (Å²) in [5.41, 5.74) is 2.32. The molecule has 0 amide bonds. The molecule has 5 rings (SSSR count). The highest BCUT2D eigenvalue weighted by Gasteiger charge is 2.42. The zero-order valence-corrected chi connectivity index (χ0v) is 18.9. The first kappa shape index (κ1) is 21.6. The molecule has 0 spiro atoms. The lowest BCUT2D eigenvalue weighted by Crippen LogP contribution is -2.29. The number of hydrogen-bond donors (Lipinski definition) is 1. The van der Waals surface area contributed by atoms with Gasteiger partial charge in [-0.1, -0.05) is 24.3 Å². The maximum Gasteiger partial charge on any atom is 0.273 e. The molecule has 1 N–H and O–H groups in total. The molecule has 0 saturated carbocycles. The Morgan fingerprint density at radius 2 is 1.88 bits per heavy atom. The van der Waals surface area contributed by atoms with Crippen LogP contribution in [0.15, 0.2) is 89.5 Å². The molecule has 34 heavy (non-hydrogen) atoms. The summed E-state index contributed by atoms with van der Waals surface area (Å²) in [6.45, 7) is 0. The van der Waals surface area contributed by atoms with E-state index in [2.05, 4.69) is 10.3 Å². The van der Waals surface area contributed by atoms with Crippen molar-refractivity contribution in [2.75, 3.05) is 12.0 Å². The molecule has 0 unspecified atom stereocenters. The summed E-state index contributed by atoms with van der Waals surface area (Å²) in [5.74, 6) is 1.56. The Morgan fingerprint density at radius 1 is 1.09 bits per heavy atom. The first-order valence-corrected chi connectivity index (χ1v) is 11.0. The lowest BCUT2D eigenvalue weighted by molar-refractivity contribution is -0.384. The zero-order valence-electron chi connectivity index (χ0n) is 18.1. The van der Waals surface area contributed by atoms with Crippen LogP contribution < -0.4 is 15.0 Å². The van der Waals surface area contributed by atoms with Gasteiger partial charge in [0.1, 0.15) is 23.3 Å². The van der Waals surface area contributed by atoms with Gasteiger partial charge in [0.2, 0.25) is 0 Å². The van der Waals surface area contributed by atoms with Crippen molar-refractivity contribution in [3.63, 3.8) is 0 Å². The number of furan rings is 1. The van der Waals surface area contributed by atoms with Crippen LogP contribution in [0.5, 0.6) is 5.75 Å². The molecule has 2 atom stereocenters. The summed E-state index contributed by atoms with van der Waals surface area (Å²) in [6.07, 6.45) is 1.75. The molecule has 3 heterocycles. The quantitative estimate of drug-likeness (QED) is 0.225. The van der Waals surface area contributed by atoms with Gasteiger partial charge in [-0.2, -0.15) is 0 Å². The second-order valence-corrected chi connectivity index (χ2v) is 8.06. The molecule has 0 bridgehead atoms. The van der Waals surface area contributed by atoms with Crippen LogP contribution in [0, 0.1) is 10.1 Å². The molecule has 1 aliphatic heterocycles. The third-order valence-corrected chi connectivity index (χ3v) is 6.03. The van der Waals surface area contributed by atoms with Gasteiger partial charge >= 0.3 is 0 Å². The predicted molar refractivity (Wildman–Crippen MR) is 132 cm³/mol. The van der Waals surface area contributed by atoms with Gasteiger partial charge in [0.25, 0.3) is 5.69 Å². The normalized spacial score (nSPS) is 17.4. The molecule has 2 aromatic carbocycles. The van der Waals surface area contributed by atoms with Crippen LogP contribution in [-0.2, 0) is 0 Å². The van der Waals surface area contributed by atoms with Crippen molar-refractivity contribution in [3.8, 4) is 17.1 Å². The topological polar surface area (TPSA) is 93.7 Å². The molecule has 2 aromatic heterocycles. The van der Waals surface area contributed by atoms with Crippen molar-refractivity contribution in [3.05, 3.63) is 107 Å². The molecule has 9 heteroatoms. The number of hydrogen-bond acceptors (Lipinski definition) is 6. The van der Waals surface area contributed by atoms with Gasteiger partial charge in [-0.3, -0.25) is 15.1 Å². The number of methoxy groups -OCH3 is 1. The standard InChI is InChI=1S/C25H20N4O4S/c1-32-22-15-17(29(30)31)10-11-18(22)20-12-13-21(33-20)24-23(19-9-5-6-14-26-19)27-25(34)28(24)16-7-3-2-4-8-16/h2-15,23-24H,1H3,(H,27,34)/t23-,24+/m0/s1. The smallest absolute Gasteiger partial charge is 0.273 e. The lowest BCUT2D eigenvalue weighted by atomic mass is 10.0. The van der Waals surface area contributed by atoms with E-state index in [4.69, 9.17) is 21.4 Å². The molecule has 170 valence electrons. The van der Waals surface area contributed by atoms with Crippen molar-refractivity contribution in [1.82, 2.24) is 10.3 Å². The monoisotopic (exact) mass is 472 g/mol. The van der Waals surface area contributed by atoms with Gasteiger partial charge in [0.05, 0.1) is 35.4 Å². The number of nitro benzene ring substituents is 1. The van der Waals surface area contributed by atoms with Crippen molar-refractivity contribution >= 4 is 28.7 Å². The Hall–Kier alpha value is -4.24. The second-order valence-electron chi connectivity index (χ2n) is 7.68. The van der Waals surface area contributed by atoms with E-state index in [1.165, 1.54) is 19.2 Å². The van der Waals surface area contributed by atoms with Crippen molar-refractivity contribution in [1.29, 1.82) is 0 Å². The van der Waals surface area contributed by atoms with Crippen LogP contribution in [0.1, 0.15) is 23.5 Å². The van der Waals surface area contributed by atoms with Gasteiger partial charge in [0.15, 0.2) is 5.11 Å². The third-order valence-electron chi connectivity index (χ3n) is 5.71. The van der Waals surface area contributed by atoms with E-state index in [1.54, 1.807) is 12.3 Å². The fourth-order valence-electron chi connectivity index (χ4n) is 4.16. The van der Waals surface area contributed by atoms with Crippen LogP contribution in [-0.4, -0.2) is 22.1 Å². The molecule has 0 aliphatic carbocycles. The molecule has 1 fully saturated rings. The summed E-state index contributed by atoms with van der Waals surface area (Å²) < 4.78 is 11.7. The maximum atomic E-state index is 11.2. The minimum absolute atomic E-state index is 0.0526. The fourth-order valence-corrected chi connectivity index (χ4v) is 4.51. The van der Waals surface area contributed by atoms with Crippen LogP contribution >= 0.6 is 12.2 Å². The predicted octanol–water partition coefficient (Wildman–Crippen LogP) is 5.44. The Morgan fingerprint density at radius 3 is 2.59 bits per heavy atom. The Kier molecular flexibility index (Phi) is 5.69. The number of nitrogens with zero attached hydrogens (tertiary/aromatic N) is 3. The number of anilines is 1. The first-order chi connectivity index (χ1) is 16.6. The number of non-ortho nitro benzene ring substituents is 1. The van der Waals surface area contributed by atoms with Gasteiger partial charge < -0.3 is 19.4 Å². The van der Waals surface area contributed by atoms with E-state index >= 15 is 0 Å². The van der Waals surface area contributed by atoms with Gasteiger partial charge in [-0.05, 0) is 54.7 Å². The largest absolute Gasteiger partial charge is 0.496 e. The fraction of sp³-hybridized carbons (Fsp3) is 0.120. The number of rotatable bonds is 6. The average Bonchev–Trinajstić information content (AvgIpc) is 3.49. The zero-order chi connectivity index (χ0) is 23.7.